The highest BCUT2D eigenvalue weighted by atomic mass is 35.5. The third-order valence-corrected chi connectivity index (χ3v) is 5.62. The van der Waals surface area contributed by atoms with Crippen molar-refractivity contribution in [2.75, 3.05) is 13.9 Å². The van der Waals surface area contributed by atoms with E-state index in [-0.39, 0.29) is 17.2 Å². The number of nitrogens with zero attached hydrogens (tertiary/aromatic N) is 1. The fourth-order valence-electron chi connectivity index (χ4n) is 3.50. The van der Waals surface area contributed by atoms with Gasteiger partial charge in [-0.25, -0.2) is 9.78 Å². The van der Waals surface area contributed by atoms with Crippen molar-refractivity contribution in [1.82, 2.24) is 10.3 Å². The van der Waals surface area contributed by atoms with Crippen molar-refractivity contribution in [1.29, 1.82) is 0 Å². The molecule has 0 unspecified atom stereocenters. The maximum absolute atomic E-state index is 13.0. The van der Waals surface area contributed by atoms with Crippen LogP contribution >= 0.6 is 11.6 Å². The fourth-order valence-corrected chi connectivity index (χ4v) is 3.68. The van der Waals surface area contributed by atoms with Crippen LogP contribution in [0.3, 0.4) is 0 Å². The van der Waals surface area contributed by atoms with Gasteiger partial charge in [0.15, 0.2) is 23.3 Å². The van der Waals surface area contributed by atoms with Crippen LogP contribution in [0.4, 0.5) is 0 Å². The van der Waals surface area contributed by atoms with Crippen LogP contribution in [0.5, 0.6) is 17.2 Å². The van der Waals surface area contributed by atoms with Crippen LogP contribution < -0.4 is 19.5 Å². The van der Waals surface area contributed by atoms with Gasteiger partial charge >= 0.3 is 11.9 Å². The third kappa shape index (κ3) is 8.34. The van der Waals surface area contributed by atoms with Crippen LogP contribution in [0, 0.1) is 0 Å². The van der Waals surface area contributed by atoms with Crippen LogP contribution in [0.25, 0.3) is 0 Å². The highest BCUT2D eigenvalue weighted by molar-refractivity contribution is 6.30. The van der Waals surface area contributed by atoms with Gasteiger partial charge in [0.05, 0.1) is 7.11 Å². The zero-order valence-electron chi connectivity index (χ0n) is 21.9. The quantitative estimate of drug-likeness (QED) is 0.253. The first-order valence-electron chi connectivity index (χ1n) is 12.0. The van der Waals surface area contributed by atoms with E-state index >= 15 is 0 Å². The average Bonchev–Trinajstić information content (AvgIpc) is 2.91. The Kier molecular flexibility index (Phi) is 10.5. The Balaban J connectivity index is 1.71. The molecule has 2 aromatic carbocycles. The lowest BCUT2D eigenvalue weighted by Crippen LogP contribution is -2.42. The van der Waals surface area contributed by atoms with E-state index in [1.807, 2.05) is 30.3 Å². The van der Waals surface area contributed by atoms with Crippen molar-refractivity contribution in [3.05, 3.63) is 83.1 Å². The number of esters is 2. The number of carbonyl (C=O) groups excluding carboxylic acids is 3. The summed E-state index contributed by atoms with van der Waals surface area (Å²) >= 11 is 6.10. The predicted octanol–water partition coefficient (Wildman–Crippen LogP) is 4.51. The van der Waals surface area contributed by atoms with Crippen molar-refractivity contribution in [3.8, 4) is 17.2 Å². The van der Waals surface area contributed by atoms with E-state index in [0.717, 1.165) is 5.56 Å². The molecular formula is C28H29ClN2O8. The molecule has 0 saturated heterocycles. The lowest BCUT2D eigenvalue weighted by atomic mass is 10.0. The van der Waals surface area contributed by atoms with E-state index in [1.54, 1.807) is 31.2 Å². The third-order valence-electron chi connectivity index (χ3n) is 5.39. The number of nitrogens with one attached hydrogen (secondary N) is 1. The Hall–Kier alpha value is -4.31. The van der Waals surface area contributed by atoms with Gasteiger partial charge < -0.3 is 29.0 Å². The smallest absolute Gasteiger partial charge is 0.328 e. The molecule has 1 amide bonds. The Bertz CT molecular complexity index is 1290. The molecule has 3 rings (SSSR count). The van der Waals surface area contributed by atoms with E-state index in [2.05, 4.69) is 10.3 Å². The van der Waals surface area contributed by atoms with Crippen LogP contribution in [-0.2, 0) is 19.1 Å². The average molecular weight is 557 g/mol. The molecule has 206 valence electrons. The standard InChI is InChI=1S/C28H29ClN2O8/c1-17(31-27(33)24-26(37-16-36-19(3)32)23(35-4)13-14-30-24)28(34)38-18(2)25(20-9-6-5-7-10-20)39-22-12-8-11-21(29)15-22/h5-15,17-18,25H,16H2,1-4H3,(H,31,33)/t17-,18-,25-/m0/s1. The lowest BCUT2D eigenvalue weighted by Gasteiger charge is -2.27. The van der Waals surface area contributed by atoms with E-state index in [4.69, 9.17) is 35.3 Å². The summed E-state index contributed by atoms with van der Waals surface area (Å²) in [7, 11) is 1.38. The summed E-state index contributed by atoms with van der Waals surface area (Å²) < 4.78 is 27.2. The summed E-state index contributed by atoms with van der Waals surface area (Å²) in [5.74, 6) is -1.34. The zero-order chi connectivity index (χ0) is 28.4. The maximum Gasteiger partial charge on any atom is 0.328 e. The first kappa shape index (κ1) is 29.2. The summed E-state index contributed by atoms with van der Waals surface area (Å²) in [6.07, 6.45) is -0.0524. The van der Waals surface area contributed by atoms with Gasteiger partial charge in [0, 0.05) is 24.2 Å². The first-order chi connectivity index (χ1) is 18.7. The highest BCUT2D eigenvalue weighted by Gasteiger charge is 2.29. The summed E-state index contributed by atoms with van der Waals surface area (Å²) in [5.41, 5.74) is 0.616. The van der Waals surface area contributed by atoms with Gasteiger partial charge in [0.25, 0.3) is 5.91 Å². The summed E-state index contributed by atoms with van der Waals surface area (Å²) in [5, 5.41) is 3.05. The van der Waals surface area contributed by atoms with E-state index < -0.39 is 42.9 Å². The van der Waals surface area contributed by atoms with Crippen molar-refractivity contribution < 1.29 is 38.1 Å². The van der Waals surface area contributed by atoms with Gasteiger partial charge in [-0.1, -0.05) is 48.0 Å². The molecule has 0 aliphatic carbocycles. The minimum Gasteiger partial charge on any atom is -0.493 e. The molecule has 11 heteroatoms. The number of hydrogen-bond donors (Lipinski definition) is 1. The van der Waals surface area contributed by atoms with Crippen molar-refractivity contribution >= 4 is 29.4 Å². The van der Waals surface area contributed by atoms with Crippen molar-refractivity contribution in [3.63, 3.8) is 0 Å². The second-order valence-electron chi connectivity index (χ2n) is 8.33. The van der Waals surface area contributed by atoms with Gasteiger partial charge in [-0.05, 0) is 37.6 Å². The molecule has 1 heterocycles. The number of benzene rings is 2. The number of ether oxygens (including phenoxy) is 5. The van der Waals surface area contributed by atoms with Gasteiger partial charge in [-0.15, -0.1) is 0 Å². The Morgan fingerprint density at radius 3 is 2.44 bits per heavy atom. The number of methoxy groups -OCH3 is 1. The lowest BCUT2D eigenvalue weighted by molar-refractivity contribution is -0.155. The molecule has 0 radical (unpaired) electrons. The van der Waals surface area contributed by atoms with E-state index in [1.165, 1.54) is 33.2 Å². The summed E-state index contributed by atoms with van der Waals surface area (Å²) in [6.45, 7) is 3.93. The zero-order valence-corrected chi connectivity index (χ0v) is 22.6. The number of hydrogen-bond acceptors (Lipinski definition) is 9. The van der Waals surface area contributed by atoms with Crippen molar-refractivity contribution in [2.24, 2.45) is 0 Å². The number of halogens is 1. The summed E-state index contributed by atoms with van der Waals surface area (Å²) in [6, 6.07) is 16.6. The molecule has 1 N–H and O–H groups in total. The molecule has 39 heavy (non-hydrogen) atoms. The molecule has 1 aromatic heterocycles. The summed E-state index contributed by atoms with van der Waals surface area (Å²) in [4.78, 5) is 41.1. The maximum atomic E-state index is 13.0. The fraction of sp³-hybridized carbons (Fsp3) is 0.286. The first-order valence-corrected chi connectivity index (χ1v) is 12.3. The second kappa shape index (κ2) is 14.0. The molecular weight excluding hydrogens is 528 g/mol. The van der Waals surface area contributed by atoms with Crippen LogP contribution in [0.15, 0.2) is 66.9 Å². The molecule has 0 saturated carbocycles. The molecule has 0 bridgehead atoms. The van der Waals surface area contributed by atoms with Crippen LogP contribution in [0.2, 0.25) is 5.02 Å². The topological polar surface area (TPSA) is 122 Å². The molecule has 0 spiro atoms. The molecule has 0 fully saturated rings. The second-order valence-corrected chi connectivity index (χ2v) is 8.77. The number of carbonyl (C=O) groups is 3. The highest BCUT2D eigenvalue weighted by Crippen LogP contribution is 2.30. The van der Waals surface area contributed by atoms with E-state index in [0.29, 0.717) is 10.8 Å². The minimum absolute atomic E-state index is 0.0493. The monoisotopic (exact) mass is 556 g/mol. The Morgan fingerprint density at radius 1 is 1.03 bits per heavy atom. The largest absolute Gasteiger partial charge is 0.493 e. The molecule has 0 aliphatic rings. The predicted molar refractivity (Wildman–Crippen MR) is 142 cm³/mol. The number of pyridine rings is 1. The molecule has 3 atom stereocenters. The van der Waals surface area contributed by atoms with E-state index in [9.17, 15) is 14.4 Å². The SMILES string of the molecule is COc1ccnc(C(=O)N[C@@H](C)C(=O)O[C@@H](C)[C@H](Oc2cccc(Cl)c2)c2ccccc2)c1OCOC(C)=O. The Labute approximate surface area is 231 Å². The van der Waals surface area contributed by atoms with Gasteiger partial charge in [0.1, 0.15) is 17.9 Å². The molecule has 0 aliphatic heterocycles. The van der Waals surface area contributed by atoms with Crippen molar-refractivity contribution in [2.45, 2.75) is 39.0 Å². The van der Waals surface area contributed by atoms with Gasteiger partial charge in [-0.3, -0.25) is 9.59 Å². The van der Waals surface area contributed by atoms with Crippen LogP contribution in [0.1, 0.15) is 42.9 Å². The van der Waals surface area contributed by atoms with Gasteiger partial charge in [0.2, 0.25) is 6.79 Å². The van der Waals surface area contributed by atoms with Crippen LogP contribution in [-0.4, -0.2) is 48.9 Å². The Morgan fingerprint density at radius 2 is 1.77 bits per heavy atom. The number of aromatic nitrogens is 1. The molecule has 3 aromatic rings. The molecule has 10 nitrogen and oxygen atoms in total. The normalized spacial score (nSPS) is 12.8. The number of rotatable bonds is 12. The number of amides is 1. The minimum atomic E-state index is -1.06. The van der Waals surface area contributed by atoms with Gasteiger partial charge in [-0.2, -0.15) is 0 Å².